The minimum atomic E-state index is -0.172. The minimum absolute atomic E-state index is 0.155. The van der Waals surface area contributed by atoms with Crippen LogP contribution >= 0.6 is 0 Å². The molecule has 2 aliphatic heterocycles. The molecule has 0 saturated carbocycles. The maximum absolute atomic E-state index is 12.1. The van der Waals surface area contributed by atoms with Crippen LogP contribution in [0.15, 0.2) is 0 Å². The van der Waals surface area contributed by atoms with E-state index in [0.29, 0.717) is 18.4 Å². The van der Waals surface area contributed by atoms with Gasteiger partial charge in [-0.05, 0) is 52.1 Å². The van der Waals surface area contributed by atoms with E-state index in [1.54, 1.807) is 0 Å². The Balaban J connectivity index is 1.80. The number of rotatable bonds is 4. The fraction of sp³-hybridized carbons (Fsp3) is 0.889. The van der Waals surface area contributed by atoms with E-state index in [0.717, 1.165) is 58.3 Å². The normalized spacial score (nSPS) is 24.5. The van der Waals surface area contributed by atoms with E-state index < -0.39 is 0 Å². The number of piperidine rings is 1. The lowest BCUT2D eigenvalue weighted by Gasteiger charge is -2.37. The van der Waals surface area contributed by atoms with Gasteiger partial charge in [0.1, 0.15) is 5.78 Å². The largest absolute Gasteiger partial charge is 0.450 e. The Morgan fingerprint density at radius 2 is 1.74 bits per heavy atom. The summed E-state index contributed by atoms with van der Waals surface area (Å²) in [7, 11) is 0. The molecule has 2 rings (SSSR count). The van der Waals surface area contributed by atoms with Crippen molar-refractivity contribution >= 4 is 11.9 Å². The van der Waals surface area contributed by atoms with Gasteiger partial charge in [0, 0.05) is 31.0 Å². The van der Waals surface area contributed by atoms with Crippen molar-refractivity contribution < 1.29 is 14.3 Å². The molecule has 0 N–H and O–H groups in total. The van der Waals surface area contributed by atoms with Crippen LogP contribution in [0.4, 0.5) is 4.79 Å². The van der Waals surface area contributed by atoms with E-state index in [4.69, 9.17) is 4.74 Å². The van der Waals surface area contributed by atoms with Crippen LogP contribution in [-0.2, 0) is 9.53 Å². The molecule has 0 aliphatic carbocycles. The molecule has 1 amide bonds. The lowest BCUT2D eigenvalue weighted by Crippen LogP contribution is -2.44. The van der Waals surface area contributed by atoms with Gasteiger partial charge in [-0.1, -0.05) is 13.8 Å². The van der Waals surface area contributed by atoms with Crippen molar-refractivity contribution in [3.63, 3.8) is 0 Å². The highest BCUT2D eigenvalue weighted by Crippen LogP contribution is 2.26. The van der Waals surface area contributed by atoms with E-state index in [9.17, 15) is 9.59 Å². The standard InChI is InChI=1S/C18H32N2O3/c1-4-23-18(22)20-10-5-6-16(9-13-20)19-11-7-15(8-12-19)17(21)14(2)3/h14-16H,4-13H2,1-3H3. The molecular weight excluding hydrogens is 292 g/mol. The first-order valence-electron chi connectivity index (χ1n) is 9.22. The van der Waals surface area contributed by atoms with Crippen molar-refractivity contribution in [2.45, 2.75) is 58.9 Å². The maximum Gasteiger partial charge on any atom is 0.409 e. The summed E-state index contributed by atoms with van der Waals surface area (Å²) < 4.78 is 5.12. The molecule has 2 aliphatic rings. The molecule has 1 atom stereocenters. The van der Waals surface area contributed by atoms with E-state index in [1.807, 2.05) is 25.7 Å². The number of carbonyl (C=O) groups excluding carboxylic acids is 2. The van der Waals surface area contributed by atoms with Crippen molar-refractivity contribution in [3.8, 4) is 0 Å². The molecule has 2 fully saturated rings. The molecule has 0 aromatic rings. The van der Waals surface area contributed by atoms with Gasteiger partial charge in [0.15, 0.2) is 0 Å². The molecule has 0 radical (unpaired) electrons. The fourth-order valence-corrected chi connectivity index (χ4v) is 3.86. The summed E-state index contributed by atoms with van der Waals surface area (Å²) in [5.41, 5.74) is 0. The number of hydrogen-bond acceptors (Lipinski definition) is 4. The smallest absolute Gasteiger partial charge is 0.409 e. The molecule has 0 aromatic carbocycles. The molecular formula is C18H32N2O3. The molecule has 5 heteroatoms. The first kappa shape index (κ1) is 18.2. The third-order valence-corrected chi connectivity index (χ3v) is 5.24. The first-order chi connectivity index (χ1) is 11.0. The van der Waals surface area contributed by atoms with E-state index in [2.05, 4.69) is 4.90 Å². The Kier molecular flexibility index (Phi) is 6.88. The van der Waals surface area contributed by atoms with Crippen molar-refractivity contribution in [2.24, 2.45) is 11.8 Å². The van der Waals surface area contributed by atoms with Crippen LogP contribution in [0.1, 0.15) is 52.9 Å². The summed E-state index contributed by atoms with van der Waals surface area (Å²) in [4.78, 5) is 28.4. The molecule has 0 bridgehead atoms. The lowest BCUT2D eigenvalue weighted by atomic mass is 9.86. The summed E-state index contributed by atoms with van der Waals surface area (Å²) in [5, 5.41) is 0. The number of ketones is 1. The first-order valence-corrected chi connectivity index (χ1v) is 9.22. The zero-order valence-electron chi connectivity index (χ0n) is 14.9. The van der Waals surface area contributed by atoms with Crippen LogP contribution in [0.5, 0.6) is 0 Å². The molecule has 2 heterocycles. The molecule has 2 saturated heterocycles. The van der Waals surface area contributed by atoms with Gasteiger partial charge in [0.25, 0.3) is 0 Å². The third-order valence-electron chi connectivity index (χ3n) is 5.24. The molecule has 132 valence electrons. The Morgan fingerprint density at radius 3 is 2.35 bits per heavy atom. The predicted octanol–water partition coefficient (Wildman–Crippen LogP) is 2.93. The zero-order valence-corrected chi connectivity index (χ0v) is 14.9. The van der Waals surface area contributed by atoms with Gasteiger partial charge in [0.05, 0.1) is 6.61 Å². The van der Waals surface area contributed by atoms with Gasteiger partial charge in [-0.15, -0.1) is 0 Å². The number of amides is 1. The van der Waals surface area contributed by atoms with Crippen LogP contribution in [-0.4, -0.2) is 60.5 Å². The SMILES string of the molecule is CCOC(=O)N1CCCC(N2CCC(C(=O)C(C)C)CC2)CC1. The minimum Gasteiger partial charge on any atom is -0.450 e. The summed E-state index contributed by atoms with van der Waals surface area (Å²) in [6, 6.07) is 0.546. The summed E-state index contributed by atoms with van der Waals surface area (Å²) in [6.07, 6.45) is 5.01. The summed E-state index contributed by atoms with van der Waals surface area (Å²) >= 11 is 0. The summed E-state index contributed by atoms with van der Waals surface area (Å²) in [5.74, 6) is 0.842. The number of Topliss-reactive ketones (excluding diaryl/α,β-unsaturated/α-hetero) is 1. The number of ether oxygens (including phenoxy) is 1. The number of likely N-dealkylation sites (tertiary alicyclic amines) is 2. The van der Waals surface area contributed by atoms with Crippen molar-refractivity contribution in [3.05, 3.63) is 0 Å². The van der Waals surface area contributed by atoms with E-state index in [1.165, 1.54) is 0 Å². The summed E-state index contributed by atoms with van der Waals surface area (Å²) in [6.45, 7) is 9.93. The van der Waals surface area contributed by atoms with Crippen molar-refractivity contribution in [1.29, 1.82) is 0 Å². The van der Waals surface area contributed by atoms with Crippen LogP contribution in [0, 0.1) is 11.8 Å². The monoisotopic (exact) mass is 324 g/mol. The second kappa shape index (κ2) is 8.67. The van der Waals surface area contributed by atoms with Crippen molar-refractivity contribution in [1.82, 2.24) is 9.80 Å². The topological polar surface area (TPSA) is 49.9 Å². The Bertz CT molecular complexity index is 403. The molecule has 5 nitrogen and oxygen atoms in total. The Hall–Kier alpha value is -1.10. The second-order valence-corrected chi connectivity index (χ2v) is 7.14. The number of carbonyl (C=O) groups is 2. The average molecular weight is 324 g/mol. The second-order valence-electron chi connectivity index (χ2n) is 7.14. The highest BCUT2D eigenvalue weighted by atomic mass is 16.6. The predicted molar refractivity (Wildman–Crippen MR) is 90.4 cm³/mol. The molecule has 1 unspecified atom stereocenters. The van der Waals surface area contributed by atoms with Gasteiger partial charge in [-0.3, -0.25) is 4.79 Å². The van der Waals surface area contributed by atoms with Crippen LogP contribution < -0.4 is 0 Å². The van der Waals surface area contributed by atoms with Gasteiger partial charge in [-0.2, -0.15) is 0 Å². The molecule has 0 aromatic heterocycles. The van der Waals surface area contributed by atoms with Crippen LogP contribution in [0.2, 0.25) is 0 Å². The third kappa shape index (κ3) is 4.93. The maximum atomic E-state index is 12.1. The quantitative estimate of drug-likeness (QED) is 0.798. The highest BCUT2D eigenvalue weighted by molar-refractivity contribution is 5.82. The van der Waals surface area contributed by atoms with Crippen molar-refractivity contribution in [2.75, 3.05) is 32.8 Å². The highest BCUT2D eigenvalue weighted by Gasteiger charge is 2.31. The Morgan fingerprint density at radius 1 is 1.04 bits per heavy atom. The fourth-order valence-electron chi connectivity index (χ4n) is 3.86. The molecule has 0 spiro atoms. The van der Waals surface area contributed by atoms with E-state index >= 15 is 0 Å². The van der Waals surface area contributed by atoms with Gasteiger partial charge < -0.3 is 14.5 Å². The van der Waals surface area contributed by atoms with Crippen LogP contribution in [0.25, 0.3) is 0 Å². The average Bonchev–Trinajstić information content (AvgIpc) is 2.80. The lowest BCUT2D eigenvalue weighted by molar-refractivity contribution is -0.127. The number of nitrogens with zero attached hydrogens (tertiary/aromatic N) is 2. The zero-order chi connectivity index (χ0) is 16.8. The number of hydrogen-bond donors (Lipinski definition) is 0. The van der Waals surface area contributed by atoms with Gasteiger partial charge >= 0.3 is 6.09 Å². The van der Waals surface area contributed by atoms with E-state index in [-0.39, 0.29) is 17.9 Å². The van der Waals surface area contributed by atoms with Gasteiger partial charge in [-0.25, -0.2) is 4.79 Å². The molecule has 23 heavy (non-hydrogen) atoms. The van der Waals surface area contributed by atoms with Crippen LogP contribution in [0.3, 0.4) is 0 Å². The van der Waals surface area contributed by atoms with Gasteiger partial charge in [0.2, 0.25) is 0 Å². The Labute approximate surface area is 140 Å².